The van der Waals surface area contributed by atoms with Crippen molar-refractivity contribution in [3.8, 4) is 5.75 Å². The summed E-state index contributed by atoms with van der Waals surface area (Å²) >= 11 is 0. The van der Waals surface area contributed by atoms with Crippen LogP contribution in [-0.4, -0.2) is 48.9 Å². The van der Waals surface area contributed by atoms with E-state index < -0.39 is 0 Å². The molecule has 4 N–H and O–H groups in total. The molecule has 0 atom stereocenters. The van der Waals surface area contributed by atoms with E-state index in [4.69, 9.17) is 11.1 Å². The van der Waals surface area contributed by atoms with Crippen molar-refractivity contribution in [2.45, 2.75) is 0 Å². The van der Waals surface area contributed by atoms with E-state index in [1.54, 1.807) is 24.3 Å². The molecule has 140 valence electrons. The number of phenols is 1. The highest BCUT2D eigenvalue weighted by molar-refractivity contribution is 6.07. The molecule has 1 fully saturated rings. The van der Waals surface area contributed by atoms with Crippen molar-refractivity contribution < 1.29 is 5.11 Å². The Morgan fingerprint density at radius 2 is 1.78 bits per heavy atom. The number of hydrogen-bond acceptors (Lipinski definition) is 5. The second-order valence-electron chi connectivity index (χ2n) is 6.82. The van der Waals surface area contributed by atoms with Crippen molar-refractivity contribution in [2.24, 2.45) is 5.73 Å². The third-order valence-corrected chi connectivity index (χ3v) is 4.70. The van der Waals surface area contributed by atoms with Gasteiger partial charge in [-0.05, 0) is 49.0 Å². The second-order valence-corrected chi connectivity index (χ2v) is 6.82. The number of likely N-dealkylation sites (N-methyl/N-ethyl adjacent to an activating group) is 1. The average molecular weight is 362 g/mol. The molecular weight excluding hydrogens is 336 g/mol. The zero-order valence-corrected chi connectivity index (χ0v) is 15.6. The van der Waals surface area contributed by atoms with E-state index in [0.29, 0.717) is 11.4 Å². The van der Waals surface area contributed by atoms with Gasteiger partial charge in [0.15, 0.2) is 0 Å². The number of phenolic OH excluding ortho intramolecular Hbond substituents is 1. The van der Waals surface area contributed by atoms with Crippen LogP contribution in [0.3, 0.4) is 0 Å². The van der Waals surface area contributed by atoms with Gasteiger partial charge < -0.3 is 26.0 Å². The first-order valence-electron chi connectivity index (χ1n) is 9.08. The van der Waals surface area contributed by atoms with E-state index in [9.17, 15) is 5.11 Å². The lowest BCUT2D eigenvalue weighted by Gasteiger charge is -2.34. The lowest BCUT2D eigenvalue weighted by atomic mass is 10.1. The molecule has 0 unspecified atom stereocenters. The smallest absolute Gasteiger partial charge is 0.115 e. The topological polar surface area (TPSA) is 76.6 Å². The molecule has 0 bridgehead atoms. The number of aromatic hydroxyl groups is 1. The highest BCUT2D eigenvalue weighted by atomic mass is 16.3. The minimum Gasteiger partial charge on any atom is -0.508 e. The molecule has 27 heavy (non-hydrogen) atoms. The van der Waals surface area contributed by atoms with Gasteiger partial charge in [-0.1, -0.05) is 30.3 Å². The third kappa shape index (κ3) is 5.21. The fourth-order valence-corrected chi connectivity index (χ4v) is 3.01. The molecule has 0 aliphatic carbocycles. The molecule has 0 radical (unpaired) electrons. The van der Waals surface area contributed by atoms with Crippen molar-refractivity contribution in [3.63, 3.8) is 0 Å². The van der Waals surface area contributed by atoms with Gasteiger partial charge >= 0.3 is 0 Å². The minimum atomic E-state index is 0.234. The van der Waals surface area contributed by atoms with E-state index in [1.165, 1.54) is 0 Å². The predicted octanol–water partition coefficient (Wildman–Crippen LogP) is 3.07. The number of piperazine rings is 1. The fraction of sp³-hybridized carbons (Fsp3) is 0.227. The van der Waals surface area contributed by atoms with E-state index in [1.807, 2.05) is 30.3 Å². The van der Waals surface area contributed by atoms with Gasteiger partial charge in [0.1, 0.15) is 5.75 Å². The molecule has 1 aliphatic heterocycles. The monoisotopic (exact) mass is 362 g/mol. The van der Waals surface area contributed by atoms with E-state index in [0.717, 1.165) is 43.0 Å². The number of nitrogens with two attached hydrogens (primary N) is 1. The summed E-state index contributed by atoms with van der Waals surface area (Å²) in [4.78, 5) is 4.68. The summed E-state index contributed by atoms with van der Waals surface area (Å²) in [7, 11) is 2.14. The van der Waals surface area contributed by atoms with Crippen LogP contribution in [0.1, 0.15) is 11.1 Å². The lowest BCUT2D eigenvalue weighted by molar-refractivity contribution is 0.313. The van der Waals surface area contributed by atoms with Crippen LogP contribution in [0.25, 0.3) is 6.08 Å². The summed E-state index contributed by atoms with van der Waals surface area (Å²) < 4.78 is 0. The molecule has 5 nitrogen and oxygen atoms in total. The van der Waals surface area contributed by atoms with Gasteiger partial charge in [0.05, 0.1) is 5.71 Å². The van der Waals surface area contributed by atoms with Crippen LogP contribution in [0.15, 0.2) is 66.4 Å². The fourth-order valence-electron chi connectivity index (χ4n) is 3.01. The van der Waals surface area contributed by atoms with Gasteiger partial charge in [0, 0.05) is 43.1 Å². The molecule has 5 heteroatoms. The van der Waals surface area contributed by atoms with Gasteiger partial charge in [-0.2, -0.15) is 0 Å². The Labute approximate surface area is 160 Å². The molecule has 2 aromatic rings. The summed E-state index contributed by atoms with van der Waals surface area (Å²) in [6, 6.07) is 15.0. The number of hydrogen-bond donors (Lipinski definition) is 3. The summed E-state index contributed by atoms with van der Waals surface area (Å²) in [5, 5.41) is 17.7. The number of nitrogens with one attached hydrogen (secondary N) is 1. The van der Waals surface area contributed by atoms with Crippen molar-refractivity contribution in [3.05, 3.63) is 77.5 Å². The Balaban J connectivity index is 1.68. The van der Waals surface area contributed by atoms with Crippen LogP contribution < -0.4 is 10.6 Å². The molecule has 0 spiro atoms. The Hall–Kier alpha value is -3.05. The maximum atomic E-state index is 9.31. The number of benzene rings is 2. The molecule has 1 aliphatic rings. The Morgan fingerprint density at radius 1 is 1.07 bits per heavy atom. The van der Waals surface area contributed by atoms with Crippen LogP contribution in [0, 0.1) is 5.41 Å². The molecule has 0 amide bonds. The number of nitrogens with zero attached hydrogens (tertiary/aromatic N) is 2. The number of allylic oxidation sites excluding steroid dienone is 2. The van der Waals surface area contributed by atoms with Crippen molar-refractivity contribution in [1.82, 2.24) is 4.90 Å². The highest BCUT2D eigenvalue weighted by Gasteiger charge is 2.14. The zero-order chi connectivity index (χ0) is 19.2. The molecule has 2 aromatic carbocycles. The molecule has 1 heterocycles. The van der Waals surface area contributed by atoms with Gasteiger partial charge in [-0.3, -0.25) is 0 Å². The minimum absolute atomic E-state index is 0.234. The number of anilines is 1. The summed E-state index contributed by atoms with van der Waals surface area (Å²) in [6.45, 7) is 4.11. The quantitative estimate of drug-likeness (QED) is 0.564. The van der Waals surface area contributed by atoms with Crippen LogP contribution in [0.4, 0.5) is 5.69 Å². The van der Waals surface area contributed by atoms with Gasteiger partial charge in [-0.15, -0.1) is 0 Å². The maximum Gasteiger partial charge on any atom is 0.115 e. The Morgan fingerprint density at radius 3 is 2.48 bits per heavy atom. The second kappa shape index (κ2) is 8.56. The standard InChI is InChI=1S/C22H26N4O/c1-25-11-13-26(14-12-25)20-4-2-3-18(15-20)22(24)16-19(23)8-5-17-6-9-21(27)10-7-17/h2-10,15-16,24,27H,11-14,23H2,1H3/b8-5+,19-16-,24-22?. The molecular formula is C22H26N4O. The summed E-state index contributed by atoms with van der Waals surface area (Å²) in [5.74, 6) is 0.234. The average Bonchev–Trinajstić information content (AvgIpc) is 2.68. The first-order valence-corrected chi connectivity index (χ1v) is 9.08. The van der Waals surface area contributed by atoms with Crippen LogP contribution in [0.2, 0.25) is 0 Å². The number of rotatable bonds is 5. The maximum absolute atomic E-state index is 9.31. The van der Waals surface area contributed by atoms with Gasteiger partial charge in [0.2, 0.25) is 0 Å². The summed E-state index contributed by atoms with van der Waals surface area (Å²) in [6.07, 6.45) is 5.30. The molecule has 1 saturated heterocycles. The highest BCUT2D eigenvalue weighted by Crippen LogP contribution is 2.19. The first kappa shape index (κ1) is 18.7. The lowest BCUT2D eigenvalue weighted by Crippen LogP contribution is -2.44. The first-order chi connectivity index (χ1) is 13.0. The predicted molar refractivity (Wildman–Crippen MR) is 112 cm³/mol. The molecule has 0 aromatic heterocycles. The normalized spacial score (nSPS) is 16.0. The largest absolute Gasteiger partial charge is 0.508 e. The summed E-state index contributed by atoms with van der Waals surface area (Å²) in [5.41, 5.74) is 9.90. The molecule has 3 rings (SSSR count). The third-order valence-electron chi connectivity index (χ3n) is 4.70. The molecule has 0 saturated carbocycles. The van der Waals surface area contributed by atoms with Crippen molar-refractivity contribution in [1.29, 1.82) is 5.41 Å². The Bertz CT molecular complexity index is 847. The van der Waals surface area contributed by atoms with Crippen molar-refractivity contribution in [2.75, 3.05) is 38.1 Å². The van der Waals surface area contributed by atoms with Crippen LogP contribution in [-0.2, 0) is 0 Å². The SMILES string of the molecule is CN1CCN(c2cccc(C(=N)/C=C(N)/C=C/c3ccc(O)cc3)c2)CC1. The van der Waals surface area contributed by atoms with Gasteiger partial charge in [0.25, 0.3) is 0 Å². The van der Waals surface area contributed by atoms with Crippen LogP contribution >= 0.6 is 0 Å². The van der Waals surface area contributed by atoms with Crippen molar-refractivity contribution >= 4 is 17.5 Å². The zero-order valence-electron chi connectivity index (χ0n) is 15.6. The van der Waals surface area contributed by atoms with E-state index in [-0.39, 0.29) is 5.75 Å². The van der Waals surface area contributed by atoms with Gasteiger partial charge in [-0.25, -0.2) is 0 Å². The van der Waals surface area contributed by atoms with E-state index in [2.05, 4.69) is 29.0 Å². The Kier molecular flexibility index (Phi) is 5.94. The van der Waals surface area contributed by atoms with Crippen LogP contribution in [0.5, 0.6) is 5.75 Å². The van der Waals surface area contributed by atoms with E-state index >= 15 is 0 Å².